The summed E-state index contributed by atoms with van der Waals surface area (Å²) in [7, 11) is 1.62. The van der Waals surface area contributed by atoms with Crippen LogP contribution in [0.2, 0.25) is 0 Å². The van der Waals surface area contributed by atoms with E-state index in [9.17, 15) is 4.79 Å². The number of hydrogen-bond acceptors (Lipinski definition) is 4. The van der Waals surface area contributed by atoms with E-state index < -0.39 is 0 Å². The van der Waals surface area contributed by atoms with Crippen LogP contribution in [0.25, 0.3) is 0 Å². The summed E-state index contributed by atoms with van der Waals surface area (Å²) in [4.78, 5) is 16.3. The second kappa shape index (κ2) is 7.60. The van der Waals surface area contributed by atoms with Crippen LogP contribution in [-0.2, 0) is 6.54 Å². The Morgan fingerprint density at radius 2 is 2.27 bits per heavy atom. The van der Waals surface area contributed by atoms with E-state index in [-0.39, 0.29) is 12.1 Å². The zero-order valence-electron chi connectivity index (χ0n) is 12.6. The topological polar surface area (TPSA) is 63.2 Å². The van der Waals surface area contributed by atoms with E-state index in [1.807, 2.05) is 37.4 Å². The first-order valence-electron chi connectivity index (χ1n) is 6.78. The summed E-state index contributed by atoms with van der Waals surface area (Å²) < 4.78 is 6.04. The lowest BCUT2D eigenvalue weighted by molar-refractivity contribution is 0.237. The standard InChI is InChI=1S/C15H18BrN3O2S/c1-9-8-22-14(18-9)10(2)19-15(20)17-7-11-4-5-13(21-3)12(16)6-11/h4-6,8,10H,7H2,1-3H3,(H2,17,19,20). The molecule has 2 N–H and O–H groups in total. The number of rotatable bonds is 5. The predicted octanol–water partition coefficient (Wildman–Crippen LogP) is 3.78. The summed E-state index contributed by atoms with van der Waals surface area (Å²) in [5, 5.41) is 8.59. The molecule has 0 aliphatic carbocycles. The molecule has 1 unspecified atom stereocenters. The first-order valence-corrected chi connectivity index (χ1v) is 8.45. The highest BCUT2D eigenvalue weighted by Gasteiger charge is 2.12. The van der Waals surface area contributed by atoms with E-state index >= 15 is 0 Å². The highest BCUT2D eigenvalue weighted by Crippen LogP contribution is 2.25. The summed E-state index contributed by atoms with van der Waals surface area (Å²) in [6, 6.07) is 5.37. The first-order chi connectivity index (χ1) is 10.5. The van der Waals surface area contributed by atoms with Gasteiger partial charge in [-0.15, -0.1) is 11.3 Å². The van der Waals surface area contributed by atoms with Crippen molar-refractivity contribution in [2.24, 2.45) is 0 Å². The molecule has 5 nitrogen and oxygen atoms in total. The maximum Gasteiger partial charge on any atom is 0.315 e. The van der Waals surface area contributed by atoms with Crippen LogP contribution in [0.1, 0.15) is 29.2 Å². The average molecular weight is 384 g/mol. The highest BCUT2D eigenvalue weighted by molar-refractivity contribution is 9.10. The van der Waals surface area contributed by atoms with E-state index in [2.05, 4.69) is 31.5 Å². The van der Waals surface area contributed by atoms with Crippen LogP contribution in [0.5, 0.6) is 5.75 Å². The van der Waals surface area contributed by atoms with Crippen molar-refractivity contribution in [2.75, 3.05) is 7.11 Å². The molecule has 0 fully saturated rings. The summed E-state index contributed by atoms with van der Waals surface area (Å²) in [5.41, 5.74) is 1.96. The number of carbonyl (C=O) groups is 1. The smallest absolute Gasteiger partial charge is 0.315 e. The Bertz CT molecular complexity index is 660. The number of hydrogen-bond donors (Lipinski definition) is 2. The number of amides is 2. The number of aromatic nitrogens is 1. The minimum absolute atomic E-state index is 0.110. The van der Waals surface area contributed by atoms with Gasteiger partial charge in [-0.3, -0.25) is 0 Å². The van der Waals surface area contributed by atoms with Crippen LogP contribution in [-0.4, -0.2) is 18.1 Å². The monoisotopic (exact) mass is 383 g/mol. The lowest BCUT2D eigenvalue weighted by Crippen LogP contribution is -2.36. The summed E-state index contributed by atoms with van der Waals surface area (Å²) in [5.74, 6) is 0.765. The Hall–Kier alpha value is -1.60. The van der Waals surface area contributed by atoms with Gasteiger partial charge < -0.3 is 15.4 Å². The van der Waals surface area contributed by atoms with Gasteiger partial charge in [0.25, 0.3) is 0 Å². The van der Waals surface area contributed by atoms with Crippen molar-refractivity contribution in [1.29, 1.82) is 0 Å². The fraction of sp³-hybridized carbons (Fsp3) is 0.333. The molecule has 22 heavy (non-hydrogen) atoms. The second-order valence-electron chi connectivity index (χ2n) is 4.84. The number of nitrogens with zero attached hydrogens (tertiary/aromatic N) is 1. The van der Waals surface area contributed by atoms with Crippen molar-refractivity contribution in [3.8, 4) is 5.75 Å². The van der Waals surface area contributed by atoms with Gasteiger partial charge in [0.2, 0.25) is 0 Å². The molecule has 2 amide bonds. The fourth-order valence-corrected chi connectivity index (χ4v) is 3.27. The number of halogens is 1. The van der Waals surface area contributed by atoms with E-state index in [1.165, 1.54) is 0 Å². The molecule has 7 heteroatoms. The van der Waals surface area contributed by atoms with Crippen LogP contribution >= 0.6 is 27.3 Å². The Kier molecular flexibility index (Phi) is 5.79. The van der Waals surface area contributed by atoms with Crippen molar-refractivity contribution in [3.63, 3.8) is 0 Å². The molecule has 0 saturated heterocycles. The molecule has 0 aliphatic rings. The molecule has 118 valence electrons. The van der Waals surface area contributed by atoms with Gasteiger partial charge in [0.1, 0.15) is 10.8 Å². The fourth-order valence-electron chi connectivity index (χ4n) is 1.88. The van der Waals surface area contributed by atoms with Crippen molar-refractivity contribution in [1.82, 2.24) is 15.6 Å². The van der Waals surface area contributed by atoms with Crippen molar-refractivity contribution in [3.05, 3.63) is 44.3 Å². The number of thiazole rings is 1. The van der Waals surface area contributed by atoms with Gasteiger partial charge in [-0.05, 0) is 47.5 Å². The molecule has 1 atom stereocenters. The molecule has 0 radical (unpaired) electrons. The second-order valence-corrected chi connectivity index (χ2v) is 6.59. The van der Waals surface area contributed by atoms with Gasteiger partial charge in [-0.2, -0.15) is 0 Å². The molecule has 1 aromatic heterocycles. The Balaban J connectivity index is 1.86. The summed E-state index contributed by atoms with van der Waals surface area (Å²) >= 11 is 4.97. The largest absolute Gasteiger partial charge is 0.496 e. The van der Waals surface area contributed by atoms with Gasteiger partial charge in [0.05, 0.1) is 17.6 Å². The number of aryl methyl sites for hydroxylation is 1. The maximum absolute atomic E-state index is 11.9. The van der Waals surface area contributed by atoms with E-state index in [0.717, 1.165) is 26.5 Å². The molecule has 0 saturated carbocycles. The SMILES string of the molecule is COc1ccc(CNC(=O)NC(C)c2nc(C)cs2)cc1Br. The minimum Gasteiger partial charge on any atom is -0.496 e. The lowest BCUT2D eigenvalue weighted by atomic mass is 10.2. The zero-order valence-corrected chi connectivity index (χ0v) is 15.0. The third kappa shape index (κ3) is 4.45. The maximum atomic E-state index is 11.9. The molecular weight excluding hydrogens is 366 g/mol. The molecule has 1 aromatic carbocycles. The summed E-state index contributed by atoms with van der Waals surface area (Å²) in [6.45, 7) is 4.30. The molecule has 1 heterocycles. The van der Waals surface area contributed by atoms with Gasteiger partial charge in [0.15, 0.2) is 0 Å². The number of methoxy groups -OCH3 is 1. The van der Waals surface area contributed by atoms with Crippen molar-refractivity contribution >= 4 is 33.3 Å². The van der Waals surface area contributed by atoms with E-state index in [1.54, 1.807) is 18.4 Å². The van der Waals surface area contributed by atoms with Crippen LogP contribution in [0, 0.1) is 6.92 Å². The van der Waals surface area contributed by atoms with Crippen molar-refractivity contribution in [2.45, 2.75) is 26.4 Å². The molecular formula is C15H18BrN3O2S. The Morgan fingerprint density at radius 1 is 1.50 bits per heavy atom. The molecule has 0 spiro atoms. The molecule has 2 rings (SSSR count). The van der Waals surface area contributed by atoms with Crippen LogP contribution in [0.15, 0.2) is 28.1 Å². The van der Waals surface area contributed by atoms with Gasteiger partial charge in [0, 0.05) is 17.6 Å². The van der Waals surface area contributed by atoms with Crippen LogP contribution in [0.4, 0.5) is 4.79 Å². The Morgan fingerprint density at radius 3 is 2.86 bits per heavy atom. The molecule has 0 aliphatic heterocycles. The minimum atomic E-state index is -0.215. The predicted molar refractivity (Wildman–Crippen MR) is 91.3 cm³/mol. The molecule has 2 aromatic rings. The number of benzene rings is 1. The van der Waals surface area contributed by atoms with Crippen molar-refractivity contribution < 1.29 is 9.53 Å². The van der Waals surface area contributed by atoms with Gasteiger partial charge in [-0.1, -0.05) is 6.07 Å². The highest BCUT2D eigenvalue weighted by atomic mass is 79.9. The third-order valence-electron chi connectivity index (χ3n) is 3.02. The lowest BCUT2D eigenvalue weighted by Gasteiger charge is -2.13. The number of ether oxygens (including phenoxy) is 1. The normalized spacial score (nSPS) is 11.8. The van der Waals surface area contributed by atoms with E-state index in [0.29, 0.717) is 6.54 Å². The number of carbonyl (C=O) groups excluding carboxylic acids is 1. The number of urea groups is 1. The van der Waals surface area contributed by atoms with Crippen LogP contribution < -0.4 is 15.4 Å². The Labute approximate surface area is 142 Å². The average Bonchev–Trinajstić information content (AvgIpc) is 2.92. The van der Waals surface area contributed by atoms with E-state index in [4.69, 9.17) is 4.74 Å². The molecule has 0 bridgehead atoms. The van der Waals surface area contributed by atoms with Crippen LogP contribution in [0.3, 0.4) is 0 Å². The third-order valence-corrected chi connectivity index (χ3v) is 4.79. The number of nitrogens with one attached hydrogen (secondary N) is 2. The first kappa shape index (κ1) is 16.8. The summed E-state index contributed by atoms with van der Waals surface area (Å²) in [6.07, 6.45) is 0. The quantitative estimate of drug-likeness (QED) is 0.825. The van der Waals surface area contributed by atoms with Gasteiger partial charge in [-0.25, -0.2) is 9.78 Å². The zero-order chi connectivity index (χ0) is 16.1. The van der Waals surface area contributed by atoms with Gasteiger partial charge >= 0.3 is 6.03 Å².